The van der Waals surface area contributed by atoms with E-state index >= 15 is 0 Å². The Morgan fingerprint density at radius 2 is 0.882 bits per heavy atom. The topological polar surface area (TPSA) is 96.1 Å². The third kappa shape index (κ3) is 5.58. The molecule has 8 aromatic carbocycles. The van der Waals surface area contributed by atoms with E-state index < -0.39 is 0 Å². The summed E-state index contributed by atoms with van der Waals surface area (Å²) in [6, 6.07) is 65.8. The molecule has 314 valence electrons. The fraction of sp³-hybridized carbons (Fsp3) is 0. The fourth-order valence-electron chi connectivity index (χ4n) is 10.4. The molecule has 0 aliphatic carbocycles. The zero-order valence-corrected chi connectivity index (χ0v) is 37.5. The second-order valence-electron chi connectivity index (χ2n) is 17.0. The van der Waals surface area contributed by atoms with Crippen molar-refractivity contribution in [3.63, 3.8) is 0 Å². The van der Waals surface area contributed by atoms with Crippen LogP contribution in [0.5, 0.6) is 0 Å². The van der Waals surface area contributed by atoms with E-state index in [0.717, 1.165) is 71.7 Å². The first-order valence-corrected chi connectivity index (χ1v) is 23.8. The zero-order chi connectivity index (χ0) is 45.0. The monoisotopic (exact) mass is 901 g/mol. The van der Waals surface area contributed by atoms with Gasteiger partial charge in [-0.2, -0.15) is 10.5 Å². The number of para-hydroxylation sites is 4. The molecule has 68 heavy (non-hydrogen) atoms. The molecule has 0 unspecified atom stereocenters. The highest BCUT2D eigenvalue weighted by molar-refractivity contribution is 7.26. The largest absolute Gasteiger partial charge is 0.307 e. The molecule has 6 heterocycles. The number of aromatic nitrogens is 5. The van der Waals surface area contributed by atoms with Crippen LogP contribution >= 0.6 is 22.7 Å². The number of rotatable bonds is 5. The summed E-state index contributed by atoms with van der Waals surface area (Å²) in [7, 11) is 0. The smallest absolute Gasteiger partial charge is 0.161 e. The summed E-state index contributed by atoms with van der Waals surface area (Å²) in [5.74, 6) is 0.468. The van der Waals surface area contributed by atoms with Crippen molar-refractivity contribution in [2.24, 2.45) is 0 Å². The maximum Gasteiger partial charge on any atom is 0.161 e. The number of nitriles is 2. The van der Waals surface area contributed by atoms with Gasteiger partial charge in [0, 0.05) is 91.0 Å². The SMILES string of the molecule is N#Cc1cccc(-c2cc(-c3cccc(C#N)c3-n3c4ccccc4c4cc5c(cc43)sc3ccccc35)nc(-c3cccnc3)n2)c1-n1c2ccccc2c2cc3c(cc21)sc1ccccc13. The molecule has 0 fully saturated rings. The average molecular weight is 902 g/mol. The molecule has 0 aliphatic heterocycles. The Balaban J connectivity index is 1.06. The van der Waals surface area contributed by atoms with E-state index in [9.17, 15) is 10.5 Å². The number of thiophene rings is 2. The van der Waals surface area contributed by atoms with Crippen molar-refractivity contribution < 1.29 is 0 Å². The van der Waals surface area contributed by atoms with Gasteiger partial charge in [-0.15, -0.1) is 22.7 Å². The molecule has 0 amide bonds. The van der Waals surface area contributed by atoms with Crippen molar-refractivity contribution in [3.05, 3.63) is 199 Å². The van der Waals surface area contributed by atoms with Crippen molar-refractivity contribution in [1.82, 2.24) is 24.1 Å². The van der Waals surface area contributed by atoms with Gasteiger partial charge in [0.05, 0.1) is 56.0 Å². The maximum atomic E-state index is 11.0. The minimum atomic E-state index is 0.468. The molecule has 0 radical (unpaired) electrons. The van der Waals surface area contributed by atoms with Crippen molar-refractivity contribution >= 4 is 107 Å². The molecule has 0 saturated carbocycles. The minimum absolute atomic E-state index is 0.468. The van der Waals surface area contributed by atoms with E-state index in [1.165, 1.54) is 40.3 Å². The van der Waals surface area contributed by atoms with Gasteiger partial charge in [-0.25, -0.2) is 9.97 Å². The number of benzene rings is 8. The number of nitrogens with zero attached hydrogens (tertiary/aromatic N) is 7. The van der Waals surface area contributed by atoms with E-state index in [2.05, 4.69) is 148 Å². The van der Waals surface area contributed by atoms with Gasteiger partial charge < -0.3 is 9.13 Å². The van der Waals surface area contributed by atoms with Crippen LogP contribution in [0.15, 0.2) is 188 Å². The number of fused-ring (bicyclic) bond motifs is 12. The van der Waals surface area contributed by atoms with Gasteiger partial charge in [-0.1, -0.05) is 97.1 Å². The first kappa shape index (κ1) is 38.3. The molecule has 0 bridgehead atoms. The Hall–Kier alpha value is -8.99. The highest BCUT2D eigenvalue weighted by Gasteiger charge is 2.25. The van der Waals surface area contributed by atoms with Gasteiger partial charge in [-0.05, 0) is 78.9 Å². The van der Waals surface area contributed by atoms with Gasteiger partial charge in [0.15, 0.2) is 5.82 Å². The Morgan fingerprint density at radius 1 is 0.397 bits per heavy atom. The normalized spacial score (nSPS) is 11.8. The molecule has 9 heteroatoms. The van der Waals surface area contributed by atoms with Gasteiger partial charge in [0.25, 0.3) is 0 Å². The van der Waals surface area contributed by atoms with E-state index in [1.54, 1.807) is 35.1 Å². The third-order valence-corrected chi connectivity index (χ3v) is 15.6. The lowest BCUT2D eigenvalue weighted by atomic mass is 9.99. The summed E-state index contributed by atoms with van der Waals surface area (Å²) in [5.41, 5.74) is 9.94. The van der Waals surface area contributed by atoms with Crippen molar-refractivity contribution in [3.8, 4) is 57.4 Å². The lowest BCUT2D eigenvalue weighted by Crippen LogP contribution is -2.05. The summed E-state index contributed by atoms with van der Waals surface area (Å²) in [5, 5.41) is 31.3. The summed E-state index contributed by atoms with van der Waals surface area (Å²) >= 11 is 3.55. The predicted molar refractivity (Wildman–Crippen MR) is 280 cm³/mol. The van der Waals surface area contributed by atoms with Crippen molar-refractivity contribution in [1.29, 1.82) is 10.5 Å². The summed E-state index contributed by atoms with van der Waals surface area (Å²) in [6.45, 7) is 0. The Bertz CT molecular complexity index is 4270. The molecule has 0 N–H and O–H groups in total. The Labute approximate surface area is 395 Å². The first-order chi connectivity index (χ1) is 33.6. The van der Waals surface area contributed by atoms with Crippen LogP contribution in [-0.4, -0.2) is 24.1 Å². The molecule has 0 aliphatic rings. The van der Waals surface area contributed by atoms with Crippen molar-refractivity contribution in [2.75, 3.05) is 0 Å². The van der Waals surface area contributed by atoms with Crippen LogP contribution in [0, 0.1) is 22.7 Å². The van der Waals surface area contributed by atoms with Crippen molar-refractivity contribution in [2.45, 2.75) is 0 Å². The quantitative estimate of drug-likeness (QED) is 0.171. The molecule has 6 aromatic heterocycles. The Kier molecular flexibility index (Phi) is 8.31. The lowest BCUT2D eigenvalue weighted by molar-refractivity contribution is 1.13. The highest BCUT2D eigenvalue weighted by Crippen LogP contribution is 2.45. The highest BCUT2D eigenvalue weighted by atomic mass is 32.1. The minimum Gasteiger partial charge on any atom is -0.307 e. The molecule has 14 aromatic rings. The molecule has 0 atom stereocenters. The molecule has 7 nitrogen and oxygen atoms in total. The number of hydrogen-bond donors (Lipinski definition) is 0. The van der Waals surface area contributed by atoms with Crippen LogP contribution in [-0.2, 0) is 0 Å². The summed E-state index contributed by atoms with van der Waals surface area (Å²) < 4.78 is 9.28. The van der Waals surface area contributed by atoms with E-state index in [4.69, 9.17) is 9.97 Å². The van der Waals surface area contributed by atoms with Crippen LogP contribution in [0.25, 0.3) is 129 Å². The summed E-state index contributed by atoms with van der Waals surface area (Å²) in [4.78, 5) is 15.1. The van der Waals surface area contributed by atoms with Crippen LogP contribution < -0.4 is 0 Å². The van der Waals surface area contributed by atoms with Crippen LogP contribution in [0.1, 0.15) is 11.1 Å². The fourth-order valence-corrected chi connectivity index (χ4v) is 12.6. The average Bonchev–Trinajstić information content (AvgIpc) is 4.14. The molecule has 14 rings (SSSR count). The van der Waals surface area contributed by atoms with Gasteiger partial charge in [0.1, 0.15) is 12.1 Å². The van der Waals surface area contributed by atoms with Gasteiger partial charge in [0.2, 0.25) is 0 Å². The standard InChI is InChI=1S/C59H31N7S2/c60-31-34-12-9-19-41(57(34)65-49-21-5-1-15-37(49)43-26-45-39-17-3-7-23-53(39)67-55(45)29-51(43)65)47-28-48(64-59(63-47)36-14-11-25-62-33-36)42-20-10-13-35(32-61)58(42)66-50-22-6-2-16-38(50)44-27-46-40-18-4-8-24-54(40)68-56(46)30-52(44)66/h1-30,33H. The molecular weight excluding hydrogens is 871 g/mol. The van der Waals surface area contributed by atoms with Crippen LogP contribution in [0.2, 0.25) is 0 Å². The number of hydrogen-bond acceptors (Lipinski definition) is 7. The molecular formula is C59H31N7S2. The van der Waals surface area contributed by atoms with Crippen LogP contribution in [0.4, 0.5) is 0 Å². The van der Waals surface area contributed by atoms with Gasteiger partial charge >= 0.3 is 0 Å². The van der Waals surface area contributed by atoms with E-state index in [-0.39, 0.29) is 0 Å². The second kappa shape index (κ2) is 14.8. The molecule has 0 saturated heterocycles. The second-order valence-corrected chi connectivity index (χ2v) is 19.1. The zero-order valence-electron chi connectivity index (χ0n) is 35.8. The third-order valence-electron chi connectivity index (χ3n) is 13.3. The van der Waals surface area contributed by atoms with Gasteiger partial charge in [-0.3, -0.25) is 4.98 Å². The van der Waals surface area contributed by atoms with E-state index in [0.29, 0.717) is 28.3 Å². The molecule has 0 spiro atoms. The number of pyridine rings is 1. The first-order valence-electron chi connectivity index (χ1n) is 22.2. The lowest BCUT2D eigenvalue weighted by Gasteiger charge is -2.18. The van der Waals surface area contributed by atoms with Crippen LogP contribution in [0.3, 0.4) is 0 Å². The maximum absolute atomic E-state index is 11.0. The van der Waals surface area contributed by atoms with E-state index in [1.807, 2.05) is 54.6 Å². The predicted octanol–water partition coefficient (Wildman–Crippen LogP) is 15.5. The Morgan fingerprint density at radius 3 is 1.37 bits per heavy atom. The summed E-state index contributed by atoms with van der Waals surface area (Å²) in [6.07, 6.45) is 3.51.